The number of alkyl carbamates (subject to hydrolysis) is 1. The maximum absolute atomic E-state index is 12.8. The van der Waals surface area contributed by atoms with Crippen molar-refractivity contribution in [2.24, 2.45) is 5.92 Å². The lowest BCUT2D eigenvalue weighted by molar-refractivity contribution is -0.119. The van der Waals surface area contributed by atoms with Crippen molar-refractivity contribution in [2.75, 3.05) is 5.32 Å². The SMILES string of the molecule is CCC(C)C(NC(=O)OCc1ccccc1)C(=O)Nc1ccc(C)cc1C. The Morgan fingerprint density at radius 1 is 1.07 bits per heavy atom. The van der Waals surface area contributed by atoms with Crippen molar-refractivity contribution in [2.45, 2.75) is 46.8 Å². The van der Waals surface area contributed by atoms with E-state index in [1.54, 1.807) is 0 Å². The molecule has 0 aliphatic heterocycles. The number of benzene rings is 2. The van der Waals surface area contributed by atoms with Gasteiger partial charge in [0.25, 0.3) is 0 Å². The summed E-state index contributed by atoms with van der Waals surface area (Å²) in [5.41, 5.74) is 3.76. The summed E-state index contributed by atoms with van der Waals surface area (Å²) in [6, 6.07) is 14.6. The lowest BCUT2D eigenvalue weighted by atomic mass is 9.98. The van der Waals surface area contributed by atoms with Gasteiger partial charge in [0.2, 0.25) is 5.91 Å². The van der Waals surface area contributed by atoms with Crippen LogP contribution in [0.3, 0.4) is 0 Å². The van der Waals surface area contributed by atoms with Crippen LogP contribution in [0.2, 0.25) is 0 Å². The van der Waals surface area contributed by atoms with E-state index in [0.717, 1.165) is 28.8 Å². The zero-order chi connectivity index (χ0) is 19.8. The fourth-order valence-corrected chi connectivity index (χ4v) is 2.76. The van der Waals surface area contributed by atoms with Gasteiger partial charge in [-0.3, -0.25) is 4.79 Å². The van der Waals surface area contributed by atoms with Crippen LogP contribution in [-0.2, 0) is 16.1 Å². The number of rotatable bonds is 7. The van der Waals surface area contributed by atoms with Crippen molar-refractivity contribution < 1.29 is 14.3 Å². The van der Waals surface area contributed by atoms with Gasteiger partial charge in [-0.25, -0.2) is 4.79 Å². The van der Waals surface area contributed by atoms with Crippen LogP contribution in [-0.4, -0.2) is 18.0 Å². The zero-order valence-electron chi connectivity index (χ0n) is 16.4. The summed E-state index contributed by atoms with van der Waals surface area (Å²) in [6.45, 7) is 8.04. The molecule has 2 aromatic carbocycles. The molecule has 0 radical (unpaired) electrons. The highest BCUT2D eigenvalue weighted by molar-refractivity contribution is 5.97. The first kappa shape index (κ1) is 20.5. The molecule has 0 aromatic heterocycles. The third-order valence-electron chi connectivity index (χ3n) is 4.62. The number of nitrogens with one attached hydrogen (secondary N) is 2. The minimum atomic E-state index is -0.668. The number of anilines is 1. The minimum Gasteiger partial charge on any atom is -0.445 e. The van der Waals surface area contributed by atoms with Gasteiger partial charge in [0.1, 0.15) is 12.6 Å². The Morgan fingerprint density at radius 2 is 1.78 bits per heavy atom. The molecule has 5 heteroatoms. The Morgan fingerprint density at radius 3 is 2.41 bits per heavy atom. The molecule has 0 spiro atoms. The monoisotopic (exact) mass is 368 g/mol. The fourth-order valence-electron chi connectivity index (χ4n) is 2.76. The molecule has 0 aliphatic rings. The van der Waals surface area contributed by atoms with Crippen LogP contribution in [0, 0.1) is 19.8 Å². The standard InChI is InChI=1S/C22H28N2O3/c1-5-16(3)20(21(25)23-19-12-11-15(2)13-17(19)4)24-22(26)27-14-18-9-7-6-8-10-18/h6-13,16,20H,5,14H2,1-4H3,(H,23,25)(H,24,26). The normalized spacial score (nSPS) is 12.7. The number of hydrogen-bond donors (Lipinski definition) is 2. The molecule has 144 valence electrons. The van der Waals surface area contributed by atoms with Crippen molar-refractivity contribution in [3.63, 3.8) is 0 Å². The summed E-state index contributed by atoms with van der Waals surface area (Å²) in [4.78, 5) is 25.0. The van der Waals surface area contributed by atoms with E-state index in [1.807, 2.05) is 76.2 Å². The van der Waals surface area contributed by atoms with Crippen molar-refractivity contribution in [1.29, 1.82) is 0 Å². The maximum Gasteiger partial charge on any atom is 0.408 e. The van der Waals surface area contributed by atoms with E-state index in [0.29, 0.717) is 0 Å². The summed E-state index contributed by atoms with van der Waals surface area (Å²) in [7, 11) is 0. The van der Waals surface area contributed by atoms with E-state index >= 15 is 0 Å². The topological polar surface area (TPSA) is 67.4 Å². The number of carbonyl (C=O) groups is 2. The molecule has 0 fully saturated rings. The average molecular weight is 368 g/mol. The van der Waals surface area contributed by atoms with Gasteiger partial charge in [-0.1, -0.05) is 68.3 Å². The lowest BCUT2D eigenvalue weighted by Crippen LogP contribution is -2.47. The van der Waals surface area contributed by atoms with Gasteiger partial charge in [-0.15, -0.1) is 0 Å². The molecule has 5 nitrogen and oxygen atoms in total. The highest BCUT2D eigenvalue weighted by atomic mass is 16.5. The molecule has 27 heavy (non-hydrogen) atoms. The van der Waals surface area contributed by atoms with Crippen molar-refractivity contribution in [3.8, 4) is 0 Å². The first-order chi connectivity index (χ1) is 12.9. The highest BCUT2D eigenvalue weighted by Crippen LogP contribution is 2.18. The molecule has 2 rings (SSSR count). The second kappa shape index (κ2) is 9.76. The van der Waals surface area contributed by atoms with Gasteiger partial charge in [0, 0.05) is 5.69 Å². The Hall–Kier alpha value is -2.82. The molecular formula is C22H28N2O3. The number of ether oxygens (including phenoxy) is 1. The van der Waals surface area contributed by atoms with Gasteiger partial charge in [0.05, 0.1) is 0 Å². The second-order valence-corrected chi connectivity index (χ2v) is 6.88. The lowest BCUT2D eigenvalue weighted by Gasteiger charge is -2.23. The zero-order valence-corrected chi connectivity index (χ0v) is 16.4. The van der Waals surface area contributed by atoms with Crippen LogP contribution in [0.1, 0.15) is 37.0 Å². The van der Waals surface area contributed by atoms with Crippen molar-refractivity contribution >= 4 is 17.7 Å². The molecule has 0 bridgehead atoms. The number of aryl methyl sites for hydroxylation is 2. The van der Waals surface area contributed by atoms with Crippen molar-refractivity contribution in [1.82, 2.24) is 5.32 Å². The van der Waals surface area contributed by atoms with E-state index in [2.05, 4.69) is 10.6 Å². The van der Waals surface area contributed by atoms with Crippen LogP contribution in [0.25, 0.3) is 0 Å². The largest absolute Gasteiger partial charge is 0.445 e. The maximum atomic E-state index is 12.8. The molecule has 2 amide bonds. The van der Waals surface area contributed by atoms with Crippen LogP contribution < -0.4 is 10.6 Å². The van der Waals surface area contributed by atoms with Crippen LogP contribution in [0.5, 0.6) is 0 Å². The summed E-state index contributed by atoms with van der Waals surface area (Å²) >= 11 is 0. The molecule has 2 N–H and O–H groups in total. The first-order valence-electron chi connectivity index (χ1n) is 9.26. The third kappa shape index (κ3) is 6.13. The Labute approximate surface area is 161 Å². The quantitative estimate of drug-likeness (QED) is 0.751. The second-order valence-electron chi connectivity index (χ2n) is 6.88. The van der Waals surface area contributed by atoms with Gasteiger partial charge in [-0.05, 0) is 37.0 Å². The van der Waals surface area contributed by atoms with Crippen LogP contribution >= 0.6 is 0 Å². The molecule has 2 unspecified atom stereocenters. The van der Waals surface area contributed by atoms with Gasteiger partial charge >= 0.3 is 6.09 Å². The molecule has 2 atom stereocenters. The number of amides is 2. The predicted octanol–water partition coefficient (Wildman–Crippen LogP) is 4.58. The van der Waals surface area contributed by atoms with Crippen LogP contribution in [0.4, 0.5) is 10.5 Å². The summed E-state index contributed by atoms with van der Waals surface area (Å²) in [6.07, 6.45) is 0.157. The summed E-state index contributed by atoms with van der Waals surface area (Å²) in [5.74, 6) is -0.270. The molecule has 0 saturated carbocycles. The van der Waals surface area contributed by atoms with Gasteiger partial charge < -0.3 is 15.4 Å². The molecule has 0 aliphatic carbocycles. The Bertz CT molecular complexity index is 774. The van der Waals surface area contributed by atoms with E-state index < -0.39 is 12.1 Å². The average Bonchev–Trinajstić information content (AvgIpc) is 2.66. The molecule has 0 heterocycles. The Balaban J connectivity index is 2.00. The summed E-state index contributed by atoms with van der Waals surface area (Å²) in [5, 5.41) is 5.64. The highest BCUT2D eigenvalue weighted by Gasteiger charge is 2.27. The Kier molecular flexibility index (Phi) is 7.41. The molecule has 0 saturated heterocycles. The number of carbonyl (C=O) groups excluding carboxylic acids is 2. The van der Waals surface area contributed by atoms with E-state index in [1.165, 1.54) is 0 Å². The van der Waals surface area contributed by atoms with E-state index in [9.17, 15) is 9.59 Å². The van der Waals surface area contributed by atoms with E-state index in [-0.39, 0.29) is 18.4 Å². The minimum absolute atomic E-state index is 0.0278. The van der Waals surface area contributed by atoms with Crippen LogP contribution in [0.15, 0.2) is 48.5 Å². The number of hydrogen-bond acceptors (Lipinski definition) is 3. The van der Waals surface area contributed by atoms with Gasteiger partial charge in [-0.2, -0.15) is 0 Å². The predicted molar refractivity (Wildman–Crippen MR) is 108 cm³/mol. The fraction of sp³-hybridized carbons (Fsp3) is 0.364. The molecular weight excluding hydrogens is 340 g/mol. The van der Waals surface area contributed by atoms with E-state index in [4.69, 9.17) is 4.74 Å². The van der Waals surface area contributed by atoms with Crippen molar-refractivity contribution in [3.05, 3.63) is 65.2 Å². The summed E-state index contributed by atoms with van der Waals surface area (Å²) < 4.78 is 5.26. The third-order valence-corrected chi connectivity index (χ3v) is 4.62. The first-order valence-corrected chi connectivity index (χ1v) is 9.26. The molecule has 2 aromatic rings. The smallest absolute Gasteiger partial charge is 0.408 e. The van der Waals surface area contributed by atoms with Gasteiger partial charge in [0.15, 0.2) is 0 Å².